The van der Waals surface area contributed by atoms with Crippen LogP contribution >= 0.6 is 11.6 Å². The Morgan fingerprint density at radius 2 is 1.68 bits per heavy atom. The Morgan fingerprint density at radius 3 is 2.25 bits per heavy atom. The molecule has 1 aliphatic heterocycles. The molecule has 2 aromatic rings. The molecule has 1 fully saturated rings. The van der Waals surface area contributed by atoms with Crippen LogP contribution in [0.1, 0.15) is 17.3 Å². The standard InChI is InChI=1S/C20H23ClN2O4S/c1-16(24)17-2-8-20(9-3-17)28(25,26)23-12-10-22(11-13-23)14-15-27-19-6-4-18(21)5-7-19/h2-9H,10-15H2,1H3/p+1. The molecule has 1 saturated heterocycles. The Labute approximate surface area is 170 Å². The van der Waals surface area contributed by atoms with Crippen LogP contribution in [-0.4, -0.2) is 57.8 Å². The Balaban J connectivity index is 1.49. The summed E-state index contributed by atoms with van der Waals surface area (Å²) >= 11 is 5.86. The number of Topliss-reactive ketones (excluding diaryl/α,β-unsaturated/α-hetero) is 1. The SMILES string of the molecule is CC(=O)c1ccc(S(=O)(=O)N2CC[NH+](CCOc3ccc(Cl)cc3)CC2)cc1. The molecule has 0 unspecified atom stereocenters. The van der Waals surface area contributed by atoms with Gasteiger partial charge in [-0.2, -0.15) is 4.31 Å². The number of nitrogens with one attached hydrogen (secondary N) is 1. The molecule has 0 aromatic heterocycles. The van der Waals surface area contributed by atoms with Crippen molar-refractivity contribution < 1.29 is 22.8 Å². The molecule has 2 aromatic carbocycles. The number of quaternary nitrogens is 1. The van der Waals surface area contributed by atoms with E-state index < -0.39 is 10.0 Å². The minimum Gasteiger partial charge on any atom is -0.488 e. The first-order valence-corrected chi connectivity index (χ1v) is 11.0. The Morgan fingerprint density at radius 1 is 1.07 bits per heavy atom. The van der Waals surface area contributed by atoms with Crippen molar-refractivity contribution in [2.45, 2.75) is 11.8 Å². The van der Waals surface area contributed by atoms with E-state index in [4.69, 9.17) is 16.3 Å². The molecule has 1 aliphatic rings. The molecule has 0 saturated carbocycles. The van der Waals surface area contributed by atoms with Gasteiger partial charge in [0.25, 0.3) is 0 Å². The van der Waals surface area contributed by atoms with Crippen LogP contribution in [0.5, 0.6) is 5.75 Å². The molecule has 0 atom stereocenters. The van der Waals surface area contributed by atoms with Crippen molar-refractivity contribution in [3.63, 3.8) is 0 Å². The molecule has 0 spiro atoms. The summed E-state index contributed by atoms with van der Waals surface area (Å²) in [4.78, 5) is 12.9. The van der Waals surface area contributed by atoms with Crippen molar-refractivity contribution in [1.29, 1.82) is 0 Å². The summed E-state index contributed by atoms with van der Waals surface area (Å²) in [7, 11) is -3.53. The molecule has 0 radical (unpaired) electrons. The van der Waals surface area contributed by atoms with Gasteiger partial charge in [-0.25, -0.2) is 8.42 Å². The first-order valence-electron chi connectivity index (χ1n) is 9.19. The van der Waals surface area contributed by atoms with E-state index in [1.54, 1.807) is 24.3 Å². The van der Waals surface area contributed by atoms with Crippen LogP contribution in [0.3, 0.4) is 0 Å². The second-order valence-corrected chi connectivity index (χ2v) is 9.16. The molecule has 0 aliphatic carbocycles. The van der Waals surface area contributed by atoms with Crippen LogP contribution in [0.15, 0.2) is 53.4 Å². The predicted molar refractivity (Wildman–Crippen MR) is 108 cm³/mol. The average molecular weight is 424 g/mol. The van der Waals surface area contributed by atoms with E-state index in [1.165, 1.54) is 28.3 Å². The number of rotatable bonds is 7. The van der Waals surface area contributed by atoms with Crippen LogP contribution in [0.25, 0.3) is 0 Å². The van der Waals surface area contributed by atoms with Gasteiger partial charge in [-0.15, -0.1) is 0 Å². The molecular weight excluding hydrogens is 400 g/mol. The highest BCUT2D eigenvalue weighted by Gasteiger charge is 2.30. The lowest BCUT2D eigenvalue weighted by atomic mass is 10.2. The fraction of sp³-hybridized carbons (Fsp3) is 0.350. The van der Waals surface area contributed by atoms with Crippen molar-refractivity contribution in [1.82, 2.24) is 4.31 Å². The first kappa shape index (κ1) is 20.8. The number of carbonyl (C=O) groups excluding carboxylic acids is 1. The first-order chi connectivity index (χ1) is 13.4. The second-order valence-electron chi connectivity index (χ2n) is 6.79. The summed E-state index contributed by atoms with van der Waals surface area (Å²) in [5.41, 5.74) is 0.508. The van der Waals surface area contributed by atoms with Gasteiger partial charge in [0.1, 0.15) is 18.9 Å². The molecule has 8 heteroatoms. The van der Waals surface area contributed by atoms with Crippen LogP contribution in [0.2, 0.25) is 5.02 Å². The Kier molecular flexibility index (Phi) is 6.72. The van der Waals surface area contributed by atoms with Crippen molar-refractivity contribution in [3.8, 4) is 5.75 Å². The highest BCUT2D eigenvalue weighted by atomic mass is 35.5. The highest BCUT2D eigenvalue weighted by molar-refractivity contribution is 7.89. The smallest absolute Gasteiger partial charge is 0.243 e. The van der Waals surface area contributed by atoms with Gasteiger partial charge >= 0.3 is 0 Å². The lowest BCUT2D eigenvalue weighted by molar-refractivity contribution is -0.903. The number of ether oxygens (including phenoxy) is 1. The van der Waals surface area contributed by atoms with Crippen LogP contribution in [0.4, 0.5) is 0 Å². The topological polar surface area (TPSA) is 68.1 Å². The minimum absolute atomic E-state index is 0.0815. The molecule has 0 amide bonds. The van der Waals surface area contributed by atoms with Gasteiger partial charge in [-0.1, -0.05) is 23.7 Å². The number of nitrogens with zero attached hydrogens (tertiary/aromatic N) is 1. The zero-order valence-corrected chi connectivity index (χ0v) is 17.3. The van der Waals surface area contributed by atoms with Crippen LogP contribution < -0.4 is 9.64 Å². The maximum atomic E-state index is 12.8. The summed E-state index contributed by atoms with van der Waals surface area (Å²) in [6.45, 7) is 5.23. The fourth-order valence-electron chi connectivity index (χ4n) is 3.15. The van der Waals surface area contributed by atoms with Gasteiger partial charge in [0.05, 0.1) is 31.1 Å². The zero-order chi connectivity index (χ0) is 20.1. The number of carbonyl (C=O) groups is 1. The van der Waals surface area contributed by atoms with Crippen molar-refractivity contribution in [3.05, 3.63) is 59.1 Å². The van der Waals surface area contributed by atoms with E-state index in [2.05, 4.69) is 0 Å². The highest BCUT2D eigenvalue weighted by Crippen LogP contribution is 2.17. The summed E-state index contributed by atoms with van der Waals surface area (Å²) in [5, 5.41) is 0.672. The molecule has 1 N–H and O–H groups in total. The predicted octanol–water partition coefficient (Wildman–Crippen LogP) is 1.51. The third kappa shape index (κ3) is 5.11. The number of ketones is 1. The lowest BCUT2D eigenvalue weighted by Crippen LogP contribution is -3.15. The van der Waals surface area contributed by atoms with Gasteiger partial charge in [-0.3, -0.25) is 4.79 Å². The monoisotopic (exact) mass is 423 g/mol. The van der Waals surface area contributed by atoms with Gasteiger partial charge < -0.3 is 9.64 Å². The van der Waals surface area contributed by atoms with Gasteiger partial charge in [0.15, 0.2) is 5.78 Å². The molecule has 1 heterocycles. The number of benzene rings is 2. The summed E-state index contributed by atoms with van der Waals surface area (Å²) < 4.78 is 32.8. The third-order valence-electron chi connectivity index (χ3n) is 4.87. The van der Waals surface area contributed by atoms with Crippen molar-refractivity contribution >= 4 is 27.4 Å². The molecule has 6 nitrogen and oxygen atoms in total. The van der Waals surface area contributed by atoms with E-state index >= 15 is 0 Å². The number of sulfonamides is 1. The molecule has 0 bridgehead atoms. The normalized spacial score (nSPS) is 16.1. The molecule has 3 rings (SSSR count). The quantitative estimate of drug-likeness (QED) is 0.685. The summed E-state index contributed by atoms with van der Waals surface area (Å²) in [5.74, 6) is 0.695. The van der Waals surface area contributed by atoms with Gasteiger partial charge in [0.2, 0.25) is 10.0 Å². The molecular formula is C20H24ClN2O4S+. The molecule has 150 valence electrons. The Bertz CT molecular complexity index is 906. The minimum atomic E-state index is -3.53. The van der Waals surface area contributed by atoms with Crippen molar-refractivity contribution in [2.24, 2.45) is 0 Å². The van der Waals surface area contributed by atoms with E-state index in [9.17, 15) is 13.2 Å². The lowest BCUT2D eigenvalue weighted by Gasteiger charge is -2.31. The number of hydrogen-bond acceptors (Lipinski definition) is 4. The largest absolute Gasteiger partial charge is 0.488 e. The van der Waals surface area contributed by atoms with E-state index in [1.807, 2.05) is 12.1 Å². The second kappa shape index (κ2) is 9.05. The summed E-state index contributed by atoms with van der Waals surface area (Å²) in [6, 6.07) is 13.4. The summed E-state index contributed by atoms with van der Waals surface area (Å²) in [6.07, 6.45) is 0. The van der Waals surface area contributed by atoms with E-state index in [0.717, 1.165) is 25.4 Å². The number of piperazine rings is 1. The number of halogens is 1. The molecule has 28 heavy (non-hydrogen) atoms. The van der Waals surface area contributed by atoms with Gasteiger partial charge in [0, 0.05) is 10.6 Å². The van der Waals surface area contributed by atoms with Crippen LogP contribution in [-0.2, 0) is 10.0 Å². The van der Waals surface area contributed by atoms with E-state index in [-0.39, 0.29) is 10.7 Å². The fourth-order valence-corrected chi connectivity index (χ4v) is 4.71. The zero-order valence-electron chi connectivity index (χ0n) is 15.7. The maximum absolute atomic E-state index is 12.8. The van der Waals surface area contributed by atoms with E-state index in [0.29, 0.717) is 30.3 Å². The number of hydrogen-bond donors (Lipinski definition) is 1. The van der Waals surface area contributed by atoms with Crippen molar-refractivity contribution in [2.75, 3.05) is 39.3 Å². The maximum Gasteiger partial charge on any atom is 0.243 e. The third-order valence-corrected chi connectivity index (χ3v) is 7.03. The average Bonchev–Trinajstić information content (AvgIpc) is 2.70. The van der Waals surface area contributed by atoms with Gasteiger partial charge in [-0.05, 0) is 43.3 Å². The Hall–Kier alpha value is -1.93. The van der Waals surface area contributed by atoms with Crippen LogP contribution in [0, 0.1) is 0 Å².